The van der Waals surface area contributed by atoms with Crippen LogP contribution in [0.15, 0.2) is 72.1 Å². The molecule has 5 heteroatoms. The summed E-state index contributed by atoms with van der Waals surface area (Å²) in [6.45, 7) is 0. The Bertz CT molecular complexity index is 1050. The molecule has 0 spiro atoms. The number of aliphatic hydroxyl groups excluding tert-OH is 1. The molecule has 1 aliphatic heterocycles. The van der Waals surface area contributed by atoms with E-state index in [0.29, 0.717) is 19.3 Å². The fourth-order valence-corrected chi connectivity index (χ4v) is 3.62. The number of Topliss-reactive ketones (excluding diaryl/α,β-unsaturated/α-hetero) is 1. The summed E-state index contributed by atoms with van der Waals surface area (Å²) in [6.07, 6.45) is 2.85. The number of aromatic nitrogens is 1. The van der Waals surface area contributed by atoms with Gasteiger partial charge in [0.05, 0.1) is 0 Å². The van der Waals surface area contributed by atoms with Gasteiger partial charge in [-0.25, -0.2) is 4.79 Å². The van der Waals surface area contributed by atoms with Gasteiger partial charge in [-0.15, -0.1) is 0 Å². The minimum absolute atomic E-state index is 0.141. The molecular weight excluding hydrogens is 354 g/mol. The van der Waals surface area contributed by atoms with Crippen LogP contribution >= 0.6 is 0 Å². The number of hydrogen-bond acceptors (Lipinski definition) is 4. The number of nitrogens with one attached hydrogen (secondary N) is 1. The smallest absolute Gasteiger partial charge is 0.346 e. The first kappa shape index (κ1) is 18.0. The van der Waals surface area contributed by atoms with E-state index in [0.717, 1.165) is 22.0 Å². The first-order valence-corrected chi connectivity index (χ1v) is 9.39. The quantitative estimate of drug-likeness (QED) is 0.482. The predicted octanol–water partition coefficient (Wildman–Crippen LogP) is 4.04. The topological polar surface area (TPSA) is 79.4 Å². The first-order valence-electron chi connectivity index (χ1n) is 9.39. The molecule has 5 nitrogen and oxygen atoms in total. The van der Waals surface area contributed by atoms with Crippen molar-refractivity contribution >= 4 is 22.7 Å². The van der Waals surface area contributed by atoms with E-state index in [1.54, 1.807) is 0 Å². The standard InChI is InChI=1S/C23H21NO4/c25-19(12-11-16-14-24-18-9-5-4-8-17(16)18)21-22(26)20(28-23(21)27)13-10-15-6-2-1-3-7-15/h1-9,14,20,24,26H,10-13H2. The van der Waals surface area contributed by atoms with Gasteiger partial charge in [-0.05, 0) is 36.5 Å². The molecule has 0 radical (unpaired) electrons. The summed E-state index contributed by atoms with van der Waals surface area (Å²) < 4.78 is 5.25. The molecule has 142 valence electrons. The number of aliphatic hydroxyl groups is 1. The van der Waals surface area contributed by atoms with Gasteiger partial charge < -0.3 is 14.8 Å². The molecule has 0 amide bonds. The van der Waals surface area contributed by atoms with Crippen molar-refractivity contribution in [3.05, 3.63) is 83.3 Å². The molecule has 2 aromatic carbocycles. The number of esters is 1. The molecule has 1 unspecified atom stereocenters. The maximum Gasteiger partial charge on any atom is 0.346 e. The maximum absolute atomic E-state index is 12.6. The van der Waals surface area contributed by atoms with E-state index in [1.807, 2.05) is 60.8 Å². The van der Waals surface area contributed by atoms with E-state index in [4.69, 9.17) is 4.74 Å². The van der Waals surface area contributed by atoms with E-state index < -0.39 is 12.1 Å². The van der Waals surface area contributed by atoms with E-state index in [1.165, 1.54) is 0 Å². The molecule has 1 aromatic heterocycles. The summed E-state index contributed by atoms with van der Waals surface area (Å²) in [5.74, 6) is -1.33. The Hall–Kier alpha value is -3.34. The highest BCUT2D eigenvalue weighted by molar-refractivity contribution is 6.19. The Labute approximate surface area is 162 Å². The Kier molecular flexibility index (Phi) is 4.98. The third-order valence-electron chi connectivity index (χ3n) is 5.13. The summed E-state index contributed by atoms with van der Waals surface area (Å²) in [7, 11) is 0. The van der Waals surface area contributed by atoms with Gasteiger partial charge in [-0.2, -0.15) is 0 Å². The molecule has 0 bridgehead atoms. The highest BCUT2D eigenvalue weighted by atomic mass is 16.6. The monoisotopic (exact) mass is 375 g/mol. The maximum atomic E-state index is 12.6. The molecule has 2 N–H and O–H groups in total. The van der Waals surface area contributed by atoms with Crippen LogP contribution in [0.2, 0.25) is 0 Å². The van der Waals surface area contributed by atoms with Crippen molar-refractivity contribution < 1.29 is 19.4 Å². The summed E-state index contributed by atoms with van der Waals surface area (Å²) in [4.78, 5) is 27.9. The third kappa shape index (κ3) is 3.56. The van der Waals surface area contributed by atoms with Crippen molar-refractivity contribution in [3.8, 4) is 0 Å². The number of H-pyrrole nitrogens is 1. The lowest BCUT2D eigenvalue weighted by Gasteiger charge is -2.09. The molecule has 0 saturated carbocycles. The fraction of sp³-hybridized carbons (Fsp3) is 0.217. The SMILES string of the molecule is O=C(CCc1c[nH]c2ccccc12)C1=C(O)C(CCc2ccccc2)OC1=O. The second-order valence-corrected chi connectivity index (χ2v) is 6.96. The Balaban J connectivity index is 1.42. The lowest BCUT2D eigenvalue weighted by atomic mass is 10.00. The van der Waals surface area contributed by atoms with E-state index in [2.05, 4.69) is 4.98 Å². The molecule has 0 aliphatic carbocycles. The first-order chi connectivity index (χ1) is 13.6. The van der Waals surface area contributed by atoms with Crippen LogP contribution in [0, 0.1) is 0 Å². The van der Waals surface area contributed by atoms with Crippen molar-refractivity contribution in [2.24, 2.45) is 0 Å². The molecule has 4 rings (SSSR count). The molecule has 0 saturated heterocycles. The molecule has 3 aromatic rings. The number of aromatic amines is 1. The van der Waals surface area contributed by atoms with Gasteiger partial charge in [0.25, 0.3) is 0 Å². The van der Waals surface area contributed by atoms with Gasteiger partial charge in [0, 0.05) is 23.5 Å². The van der Waals surface area contributed by atoms with E-state index >= 15 is 0 Å². The number of ketones is 1. The number of benzene rings is 2. The van der Waals surface area contributed by atoms with Crippen LogP contribution in [-0.2, 0) is 27.2 Å². The predicted molar refractivity (Wildman–Crippen MR) is 106 cm³/mol. The number of para-hydroxylation sites is 1. The number of aryl methyl sites for hydroxylation is 2. The van der Waals surface area contributed by atoms with Gasteiger partial charge in [0.15, 0.2) is 17.6 Å². The normalized spacial score (nSPS) is 16.6. The van der Waals surface area contributed by atoms with E-state index in [-0.39, 0.29) is 23.5 Å². The van der Waals surface area contributed by atoms with Crippen molar-refractivity contribution in [2.75, 3.05) is 0 Å². The van der Waals surface area contributed by atoms with Gasteiger partial charge >= 0.3 is 5.97 Å². The number of carbonyl (C=O) groups excluding carboxylic acids is 2. The van der Waals surface area contributed by atoms with Crippen LogP contribution in [0.5, 0.6) is 0 Å². The van der Waals surface area contributed by atoms with Crippen LogP contribution in [0.25, 0.3) is 10.9 Å². The highest BCUT2D eigenvalue weighted by Gasteiger charge is 2.37. The minimum Gasteiger partial charge on any atom is -0.507 e. The fourth-order valence-electron chi connectivity index (χ4n) is 3.62. The zero-order chi connectivity index (χ0) is 19.5. The van der Waals surface area contributed by atoms with Crippen LogP contribution in [0.1, 0.15) is 24.0 Å². The molecular formula is C23H21NO4. The lowest BCUT2D eigenvalue weighted by Crippen LogP contribution is -2.13. The Morgan fingerprint density at radius 2 is 1.79 bits per heavy atom. The Morgan fingerprint density at radius 3 is 2.61 bits per heavy atom. The molecule has 0 fully saturated rings. The number of carbonyl (C=O) groups is 2. The Morgan fingerprint density at radius 1 is 1.04 bits per heavy atom. The van der Waals surface area contributed by atoms with Gasteiger partial charge in [-0.1, -0.05) is 48.5 Å². The number of fused-ring (bicyclic) bond motifs is 1. The average Bonchev–Trinajstić information content (AvgIpc) is 3.25. The second-order valence-electron chi connectivity index (χ2n) is 6.96. The summed E-state index contributed by atoms with van der Waals surface area (Å²) in [5.41, 5.74) is 2.91. The summed E-state index contributed by atoms with van der Waals surface area (Å²) in [5, 5.41) is 11.5. The molecule has 1 aliphatic rings. The zero-order valence-electron chi connectivity index (χ0n) is 15.4. The van der Waals surface area contributed by atoms with Gasteiger partial charge in [-0.3, -0.25) is 4.79 Å². The summed E-state index contributed by atoms with van der Waals surface area (Å²) in [6, 6.07) is 17.6. The van der Waals surface area contributed by atoms with Gasteiger partial charge in [0.1, 0.15) is 5.57 Å². The van der Waals surface area contributed by atoms with Crippen molar-refractivity contribution in [1.29, 1.82) is 0 Å². The second kappa shape index (κ2) is 7.72. The van der Waals surface area contributed by atoms with E-state index in [9.17, 15) is 14.7 Å². The van der Waals surface area contributed by atoms with Crippen LogP contribution in [-0.4, -0.2) is 27.9 Å². The highest BCUT2D eigenvalue weighted by Crippen LogP contribution is 2.27. The van der Waals surface area contributed by atoms with Crippen LogP contribution in [0.4, 0.5) is 0 Å². The van der Waals surface area contributed by atoms with Gasteiger partial charge in [0.2, 0.25) is 0 Å². The van der Waals surface area contributed by atoms with Crippen LogP contribution < -0.4 is 0 Å². The number of rotatable bonds is 7. The average molecular weight is 375 g/mol. The van der Waals surface area contributed by atoms with Crippen LogP contribution in [0.3, 0.4) is 0 Å². The third-order valence-corrected chi connectivity index (χ3v) is 5.13. The largest absolute Gasteiger partial charge is 0.507 e. The number of ether oxygens (including phenoxy) is 1. The number of hydrogen-bond donors (Lipinski definition) is 2. The lowest BCUT2D eigenvalue weighted by molar-refractivity contribution is -0.141. The molecule has 2 heterocycles. The zero-order valence-corrected chi connectivity index (χ0v) is 15.4. The summed E-state index contributed by atoms with van der Waals surface area (Å²) >= 11 is 0. The molecule has 28 heavy (non-hydrogen) atoms. The molecule has 1 atom stereocenters. The van der Waals surface area contributed by atoms with Crippen molar-refractivity contribution in [2.45, 2.75) is 31.8 Å². The van der Waals surface area contributed by atoms with Crippen molar-refractivity contribution in [3.63, 3.8) is 0 Å². The minimum atomic E-state index is -0.750. The number of cyclic esters (lactones) is 1. The van der Waals surface area contributed by atoms with Crippen molar-refractivity contribution in [1.82, 2.24) is 4.98 Å².